The van der Waals surface area contributed by atoms with E-state index in [1.54, 1.807) is 0 Å². The Morgan fingerprint density at radius 2 is 1.43 bits per heavy atom. The average molecular weight is 184 g/mol. The third-order valence-corrected chi connectivity index (χ3v) is 0.775. The Balaban J connectivity index is -0.0000000800. The quantitative estimate of drug-likeness (QED) is 0.380. The van der Waals surface area contributed by atoms with Gasteiger partial charge in [0, 0.05) is 0 Å². The van der Waals surface area contributed by atoms with Crippen molar-refractivity contribution in [1.82, 2.24) is 0 Å². The van der Waals surface area contributed by atoms with Gasteiger partial charge < -0.3 is 0 Å². The molecule has 0 saturated carbocycles. The predicted octanol–water partition coefficient (Wildman–Crippen LogP) is -8.65. The van der Waals surface area contributed by atoms with Crippen LogP contribution in [0.2, 0.25) is 0 Å². The van der Waals surface area contributed by atoms with Crippen LogP contribution in [0, 0.1) is 0 Å². The Labute approximate surface area is 92.3 Å². The van der Waals surface area contributed by atoms with E-state index in [1.807, 2.05) is 0 Å². The first-order valence-electron chi connectivity index (χ1n) is 0.956. The minimum absolute atomic E-state index is 0. The van der Waals surface area contributed by atoms with E-state index >= 15 is 0 Å². The van der Waals surface area contributed by atoms with Crippen molar-refractivity contribution in [2.24, 2.45) is 0 Å². The van der Waals surface area contributed by atoms with E-state index in [-0.39, 0.29) is 59.1 Å². The fraction of sp³-hybridized carbons (Fsp3) is 1.00. The molecule has 0 aliphatic rings. The Kier molecular flexibility index (Phi) is 26.1. The molecule has 0 aliphatic heterocycles. The molecular weight excluding hydrogens is 181 g/mol. The van der Waals surface area contributed by atoms with Crippen LogP contribution < -0.4 is 67.3 Å². The second kappa shape index (κ2) is 11.3. The van der Waals surface area contributed by atoms with Crippen LogP contribution >= 0.6 is 0 Å². The molecule has 0 N–H and O–H groups in total. The first-order valence-corrected chi connectivity index (χ1v) is 3.25. The summed E-state index contributed by atoms with van der Waals surface area (Å²) in [4.78, 5) is 0. The molecular formula is CH3AsNa2O3. The van der Waals surface area contributed by atoms with Gasteiger partial charge in [-0.05, 0) is 0 Å². The maximum Gasteiger partial charge on any atom is 1.00 e. The molecule has 0 rings (SSSR count). The Morgan fingerprint density at radius 1 is 1.29 bits per heavy atom. The summed E-state index contributed by atoms with van der Waals surface area (Å²) in [6.07, 6.45) is 0. The fourth-order valence-electron chi connectivity index (χ4n) is 0. The Bertz CT molecular complexity index is 26.9. The summed E-state index contributed by atoms with van der Waals surface area (Å²) in [6.45, 7) is 0. The maximum absolute atomic E-state index is 9.26. The van der Waals surface area contributed by atoms with Gasteiger partial charge in [-0.25, -0.2) is 0 Å². The Morgan fingerprint density at radius 3 is 1.43 bits per heavy atom. The maximum atomic E-state index is 9.26. The Hall–Kier alpha value is 2.44. The van der Waals surface area contributed by atoms with E-state index in [1.165, 1.54) is 0 Å². The van der Waals surface area contributed by atoms with Gasteiger partial charge >= 0.3 is 93.8 Å². The van der Waals surface area contributed by atoms with Gasteiger partial charge in [0.1, 0.15) is 0 Å². The largest absolute Gasteiger partial charge is 1.00 e. The van der Waals surface area contributed by atoms with Crippen molar-refractivity contribution in [2.45, 2.75) is 0 Å². The van der Waals surface area contributed by atoms with Gasteiger partial charge in [-0.15, -0.1) is 0 Å². The fourth-order valence-corrected chi connectivity index (χ4v) is 0. The van der Waals surface area contributed by atoms with Crippen molar-refractivity contribution in [3.05, 3.63) is 0 Å². The molecule has 0 bridgehead atoms. The van der Waals surface area contributed by atoms with Crippen LogP contribution in [0.5, 0.6) is 0 Å². The van der Waals surface area contributed by atoms with Crippen molar-refractivity contribution in [2.75, 3.05) is 7.11 Å². The SMILES string of the molecule is CO[As]([O-])[O-].[Na+].[Na+]. The van der Waals surface area contributed by atoms with Gasteiger partial charge in [-0.2, -0.15) is 0 Å². The van der Waals surface area contributed by atoms with Gasteiger partial charge in [0.2, 0.25) is 0 Å². The summed E-state index contributed by atoms with van der Waals surface area (Å²) in [5, 5.41) is 0. The van der Waals surface area contributed by atoms with Gasteiger partial charge in [0.25, 0.3) is 0 Å². The van der Waals surface area contributed by atoms with Crippen LogP contribution in [-0.4, -0.2) is 22.8 Å². The standard InChI is InChI=1S/CH3AsO3.2Na/c1-5-2(3)4;;/h1H3;;/q-2;2*+1. The second-order valence-corrected chi connectivity index (χ2v) is 2.11. The summed E-state index contributed by atoms with van der Waals surface area (Å²) in [5.41, 5.74) is 0. The molecule has 6 heteroatoms. The summed E-state index contributed by atoms with van der Waals surface area (Å²) in [7, 11) is 1.14. The normalized spacial score (nSPS) is 6.86. The summed E-state index contributed by atoms with van der Waals surface area (Å²) in [5.74, 6) is 0. The van der Waals surface area contributed by atoms with E-state index < -0.39 is 15.7 Å². The monoisotopic (exact) mass is 184 g/mol. The first kappa shape index (κ1) is 16.2. The third-order valence-electron chi connectivity index (χ3n) is 0.149. The van der Waals surface area contributed by atoms with E-state index in [4.69, 9.17) is 0 Å². The smallest absolute Gasteiger partial charge is 1.00 e. The molecule has 0 atom stereocenters. The topological polar surface area (TPSA) is 55.3 Å². The summed E-state index contributed by atoms with van der Waals surface area (Å²) < 4.78 is 22.3. The molecule has 0 aromatic heterocycles. The third kappa shape index (κ3) is 17.8. The molecule has 0 unspecified atom stereocenters. The number of hydrogen-bond acceptors (Lipinski definition) is 3. The van der Waals surface area contributed by atoms with Crippen LogP contribution in [0.4, 0.5) is 0 Å². The van der Waals surface area contributed by atoms with Gasteiger partial charge in [-0.1, -0.05) is 0 Å². The summed E-state index contributed by atoms with van der Waals surface area (Å²) >= 11 is -3.20. The van der Waals surface area contributed by atoms with Crippen LogP contribution in [0.25, 0.3) is 0 Å². The number of hydrogen-bond donors (Lipinski definition) is 0. The second-order valence-electron chi connectivity index (χ2n) is 0.406. The van der Waals surface area contributed by atoms with Crippen LogP contribution in [0.1, 0.15) is 0 Å². The molecule has 7 heavy (non-hydrogen) atoms. The zero-order chi connectivity index (χ0) is 4.28. The molecule has 3 nitrogen and oxygen atoms in total. The van der Waals surface area contributed by atoms with Gasteiger partial charge in [0.05, 0.1) is 0 Å². The zero-order valence-electron chi connectivity index (χ0n) is 4.67. The van der Waals surface area contributed by atoms with Crippen molar-refractivity contribution in [3.8, 4) is 0 Å². The van der Waals surface area contributed by atoms with Crippen LogP contribution in [0.3, 0.4) is 0 Å². The van der Waals surface area contributed by atoms with E-state index in [0.29, 0.717) is 0 Å². The first-order chi connectivity index (χ1) is 2.27. The van der Waals surface area contributed by atoms with Gasteiger partial charge in [0.15, 0.2) is 0 Å². The van der Waals surface area contributed by atoms with Gasteiger partial charge in [-0.3, -0.25) is 0 Å². The van der Waals surface area contributed by atoms with Crippen LogP contribution in [0.15, 0.2) is 0 Å². The molecule has 0 heterocycles. The van der Waals surface area contributed by atoms with E-state index in [2.05, 4.69) is 3.73 Å². The molecule has 0 spiro atoms. The minimum atomic E-state index is -3.20. The molecule has 0 radical (unpaired) electrons. The molecule has 0 amide bonds. The zero-order valence-corrected chi connectivity index (χ0v) is 10.5. The van der Waals surface area contributed by atoms with Crippen molar-refractivity contribution in [1.29, 1.82) is 0 Å². The molecule has 0 saturated heterocycles. The minimum Gasteiger partial charge on any atom is 1.00 e. The van der Waals surface area contributed by atoms with Crippen LogP contribution in [-0.2, 0) is 3.73 Å². The van der Waals surface area contributed by atoms with E-state index in [0.717, 1.165) is 7.11 Å². The molecule has 0 aromatic carbocycles. The predicted molar refractivity (Wildman–Crippen MR) is 12.8 cm³/mol. The average Bonchev–Trinajstić information content (AvgIpc) is 1.38. The molecule has 0 aliphatic carbocycles. The van der Waals surface area contributed by atoms with E-state index in [9.17, 15) is 8.19 Å². The molecule has 0 aromatic rings. The van der Waals surface area contributed by atoms with Crippen molar-refractivity contribution < 1.29 is 71.0 Å². The molecule has 32 valence electrons. The number of rotatable bonds is 1. The van der Waals surface area contributed by atoms with Crippen molar-refractivity contribution >= 4 is 15.7 Å². The summed E-state index contributed by atoms with van der Waals surface area (Å²) in [6, 6.07) is 0. The molecule has 0 fully saturated rings. The van der Waals surface area contributed by atoms with Crippen molar-refractivity contribution in [3.63, 3.8) is 0 Å².